The molecule has 4 fully saturated rings. The third-order valence-electron chi connectivity index (χ3n) is 9.48. The van der Waals surface area contributed by atoms with Crippen molar-refractivity contribution < 1.29 is 0 Å². The molecule has 2 unspecified atom stereocenters. The molecule has 126 valence electrons. The Bertz CT molecular complexity index is 432. The molecule has 0 bridgehead atoms. The van der Waals surface area contributed by atoms with Gasteiger partial charge in [-0.2, -0.15) is 0 Å². The summed E-state index contributed by atoms with van der Waals surface area (Å²) in [4.78, 5) is 0. The molecule has 0 aromatic heterocycles. The SMILES string of the molecule is CC[C@H]1CC[C@H]2[C@@H]3CCC4CCCC[C@]4(C)[C@H]3CC(N)[C@]12C. The van der Waals surface area contributed by atoms with E-state index in [0.717, 1.165) is 29.6 Å². The first-order valence-corrected chi connectivity index (χ1v) is 10.3. The average Bonchev–Trinajstić information content (AvgIpc) is 2.86. The van der Waals surface area contributed by atoms with Crippen molar-refractivity contribution in [2.45, 2.75) is 91.0 Å². The van der Waals surface area contributed by atoms with Gasteiger partial charge in [0.15, 0.2) is 0 Å². The van der Waals surface area contributed by atoms with E-state index in [2.05, 4.69) is 20.8 Å². The summed E-state index contributed by atoms with van der Waals surface area (Å²) in [5.74, 6) is 4.79. The molecule has 4 aliphatic rings. The molecule has 0 amide bonds. The molecule has 0 radical (unpaired) electrons. The Morgan fingerprint density at radius 3 is 2.55 bits per heavy atom. The van der Waals surface area contributed by atoms with Crippen molar-refractivity contribution >= 4 is 0 Å². The molecule has 1 heteroatoms. The van der Waals surface area contributed by atoms with Gasteiger partial charge in [-0.05, 0) is 85.4 Å². The van der Waals surface area contributed by atoms with Crippen LogP contribution in [0.3, 0.4) is 0 Å². The Morgan fingerprint density at radius 2 is 1.77 bits per heavy atom. The van der Waals surface area contributed by atoms with Gasteiger partial charge in [-0.3, -0.25) is 0 Å². The quantitative estimate of drug-likeness (QED) is 0.691. The van der Waals surface area contributed by atoms with Crippen LogP contribution in [0.15, 0.2) is 0 Å². The molecule has 4 rings (SSSR count). The van der Waals surface area contributed by atoms with Gasteiger partial charge in [-0.15, -0.1) is 0 Å². The normalized spacial score (nSPS) is 57.8. The van der Waals surface area contributed by atoms with Crippen LogP contribution >= 0.6 is 0 Å². The number of nitrogens with two attached hydrogens (primary N) is 1. The summed E-state index contributed by atoms with van der Waals surface area (Å²) in [5.41, 5.74) is 7.99. The standard InChI is InChI=1S/C21H37N/c1-4-14-9-11-17-16-10-8-15-7-5-6-12-20(15,2)18(16)13-19(22)21(14,17)3/h14-19H,4-13,22H2,1-3H3/t14-,15?,16-,17-,18-,19?,20-,21+/m0/s1. The maximum atomic E-state index is 6.91. The largest absolute Gasteiger partial charge is 0.327 e. The molecule has 0 saturated heterocycles. The Hall–Kier alpha value is -0.0400. The zero-order chi connectivity index (χ0) is 15.5. The molecule has 0 spiro atoms. The van der Waals surface area contributed by atoms with Crippen molar-refractivity contribution in [1.29, 1.82) is 0 Å². The minimum absolute atomic E-state index is 0.452. The maximum Gasteiger partial charge on any atom is 0.0101 e. The highest BCUT2D eigenvalue weighted by atomic mass is 14.8. The molecular formula is C21H37N. The van der Waals surface area contributed by atoms with Gasteiger partial charge < -0.3 is 5.73 Å². The van der Waals surface area contributed by atoms with E-state index in [1.54, 1.807) is 0 Å². The summed E-state index contributed by atoms with van der Waals surface area (Å²) in [7, 11) is 0. The van der Waals surface area contributed by atoms with E-state index >= 15 is 0 Å². The summed E-state index contributed by atoms with van der Waals surface area (Å²) in [6.45, 7) is 7.64. The van der Waals surface area contributed by atoms with Crippen LogP contribution in [0.4, 0.5) is 0 Å². The van der Waals surface area contributed by atoms with E-state index in [-0.39, 0.29) is 0 Å². The lowest BCUT2D eigenvalue weighted by Crippen LogP contribution is -2.60. The lowest BCUT2D eigenvalue weighted by Gasteiger charge is -2.62. The molecule has 0 heterocycles. The van der Waals surface area contributed by atoms with Crippen molar-refractivity contribution in [2.24, 2.45) is 46.2 Å². The lowest BCUT2D eigenvalue weighted by atomic mass is 9.44. The van der Waals surface area contributed by atoms with E-state index in [1.165, 1.54) is 64.2 Å². The Kier molecular flexibility index (Phi) is 3.68. The monoisotopic (exact) mass is 303 g/mol. The highest BCUT2D eigenvalue weighted by Crippen LogP contribution is 2.67. The first-order valence-electron chi connectivity index (χ1n) is 10.3. The predicted molar refractivity (Wildman–Crippen MR) is 93.5 cm³/mol. The molecule has 1 nitrogen and oxygen atoms in total. The molecule has 4 saturated carbocycles. The predicted octanol–water partition coefficient (Wildman–Crippen LogP) is 5.38. The first kappa shape index (κ1) is 15.5. The molecule has 2 N–H and O–H groups in total. The van der Waals surface area contributed by atoms with E-state index in [0.29, 0.717) is 16.9 Å². The van der Waals surface area contributed by atoms with Crippen molar-refractivity contribution in [2.75, 3.05) is 0 Å². The molecule has 4 aliphatic carbocycles. The van der Waals surface area contributed by atoms with Crippen LogP contribution in [-0.2, 0) is 0 Å². The first-order chi connectivity index (χ1) is 10.5. The van der Waals surface area contributed by atoms with Crippen molar-refractivity contribution in [3.05, 3.63) is 0 Å². The molecule has 0 aromatic rings. The topological polar surface area (TPSA) is 26.0 Å². The van der Waals surface area contributed by atoms with Gasteiger partial charge in [0, 0.05) is 6.04 Å². The number of hydrogen-bond acceptors (Lipinski definition) is 1. The highest BCUT2D eigenvalue weighted by molar-refractivity contribution is 5.12. The van der Waals surface area contributed by atoms with Gasteiger partial charge in [-0.25, -0.2) is 0 Å². The Balaban J connectivity index is 1.67. The molecule has 0 aromatic carbocycles. The Labute approximate surface area is 137 Å². The summed E-state index contributed by atoms with van der Waals surface area (Å²) in [6.07, 6.45) is 14.6. The van der Waals surface area contributed by atoms with Crippen LogP contribution in [0.5, 0.6) is 0 Å². The number of fused-ring (bicyclic) bond motifs is 5. The summed E-state index contributed by atoms with van der Waals surface area (Å²) >= 11 is 0. The van der Waals surface area contributed by atoms with Crippen LogP contribution in [-0.4, -0.2) is 6.04 Å². The second-order valence-corrected chi connectivity index (χ2v) is 9.79. The van der Waals surface area contributed by atoms with Gasteiger partial charge in [-0.1, -0.05) is 40.0 Å². The fraction of sp³-hybridized carbons (Fsp3) is 1.00. The maximum absolute atomic E-state index is 6.91. The van der Waals surface area contributed by atoms with E-state index in [4.69, 9.17) is 5.73 Å². The second kappa shape index (κ2) is 5.23. The molecule has 22 heavy (non-hydrogen) atoms. The lowest BCUT2D eigenvalue weighted by molar-refractivity contribution is -0.119. The van der Waals surface area contributed by atoms with Crippen LogP contribution in [0.2, 0.25) is 0 Å². The fourth-order valence-corrected chi connectivity index (χ4v) is 8.13. The van der Waals surface area contributed by atoms with Crippen molar-refractivity contribution in [3.63, 3.8) is 0 Å². The molecular weight excluding hydrogens is 266 g/mol. The van der Waals surface area contributed by atoms with E-state index < -0.39 is 0 Å². The third-order valence-corrected chi connectivity index (χ3v) is 9.48. The number of hydrogen-bond donors (Lipinski definition) is 1. The number of rotatable bonds is 1. The van der Waals surface area contributed by atoms with Crippen molar-refractivity contribution in [1.82, 2.24) is 0 Å². The van der Waals surface area contributed by atoms with Gasteiger partial charge in [0.25, 0.3) is 0 Å². The van der Waals surface area contributed by atoms with Crippen LogP contribution < -0.4 is 5.73 Å². The van der Waals surface area contributed by atoms with E-state index in [1.807, 2.05) is 0 Å². The van der Waals surface area contributed by atoms with Crippen LogP contribution in [0.25, 0.3) is 0 Å². The summed E-state index contributed by atoms with van der Waals surface area (Å²) in [5, 5.41) is 0. The summed E-state index contributed by atoms with van der Waals surface area (Å²) < 4.78 is 0. The second-order valence-electron chi connectivity index (χ2n) is 9.79. The minimum Gasteiger partial charge on any atom is -0.327 e. The zero-order valence-corrected chi connectivity index (χ0v) is 15.1. The van der Waals surface area contributed by atoms with Gasteiger partial charge in [0.1, 0.15) is 0 Å². The van der Waals surface area contributed by atoms with Gasteiger partial charge >= 0.3 is 0 Å². The van der Waals surface area contributed by atoms with Crippen molar-refractivity contribution in [3.8, 4) is 0 Å². The minimum atomic E-state index is 0.452. The third kappa shape index (κ3) is 1.87. The Morgan fingerprint density at radius 1 is 0.955 bits per heavy atom. The zero-order valence-electron chi connectivity index (χ0n) is 15.1. The molecule has 8 atom stereocenters. The van der Waals surface area contributed by atoms with Gasteiger partial charge in [0.05, 0.1) is 0 Å². The average molecular weight is 304 g/mol. The van der Waals surface area contributed by atoms with Crippen LogP contribution in [0, 0.1) is 40.4 Å². The smallest absolute Gasteiger partial charge is 0.0101 e. The highest BCUT2D eigenvalue weighted by Gasteiger charge is 2.61. The van der Waals surface area contributed by atoms with Crippen LogP contribution in [0.1, 0.15) is 85.0 Å². The van der Waals surface area contributed by atoms with E-state index in [9.17, 15) is 0 Å². The fourth-order valence-electron chi connectivity index (χ4n) is 8.13. The summed E-state index contributed by atoms with van der Waals surface area (Å²) in [6, 6.07) is 0.462. The molecule has 0 aliphatic heterocycles. The van der Waals surface area contributed by atoms with Gasteiger partial charge in [0.2, 0.25) is 0 Å².